The Labute approximate surface area is 167 Å². The van der Waals surface area contributed by atoms with Gasteiger partial charge in [-0.1, -0.05) is 26.0 Å². The van der Waals surface area contributed by atoms with Crippen LogP contribution < -0.4 is 5.32 Å². The summed E-state index contributed by atoms with van der Waals surface area (Å²) in [5, 5.41) is 6.87. The average molecular weight is 389 g/mol. The molecule has 1 unspecified atom stereocenters. The molecule has 0 saturated carbocycles. The third-order valence-corrected chi connectivity index (χ3v) is 4.76. The number of amides is 3. The molecular formula is C21H19N5O3. The highest BCUT2D eigenvalue weighted by Crippen LogP contribution is 2.27. The number of imide groups is 1. The molecule has 0 aliphatic carbocycles. The number of pyridine rings is 1. The van der Waals surface area contributed by atoms with Crippen LogP contribution >= 0.6 is 0 Å². The maximum absolute atomic E-state index is 13.0. The molecule has 3 heterocycles. The largest absolute Gasteiger partial charge is 0.323 e. The molecule has 0 spiro atoms. The van der Waals surface area contributed by atoms with E-state index in [0.29, 0.717) is 22.6 Å². The minimum absolute atomic E-state index is 0.270. The molecule has 2 aromatic heterocycles. The Morgan fingerprint density at radius 2 is 1.69 bits per heavy atom. The molecule has 29 heavy (non-hydrogen) atoms. The summed E-state index contributed by atoms with van der Waals surface area (Å²) >= 11 is 0. The molecule has 8 heteroatoms. The number of nitrogens with one attached hydrogen (secondary N) is 1. The zero-order chi connectivity index (χ0) is 20.5. The quantitative estimate of drug-likeness (QED) is 0.677. The van der Waals surface area contributed by atoms with Crippen LogP contribution in [0.4, 0.5) is 5.69 Å². The Morgan fingerprint density at radius 3 is 2.21 bits per heavy atom. The van der Waals surface area contributed by atoms with Gasteiger partial charge < -0.3 is 5.32 Å². The molecular weight excluding hydrogens is 370 g/mol. The molecule has 0 fully saturated rings. The fourth-order valence-electron chi connectivity index (χ4n) is 3.39. The van der Waals surface area contributed by atoms with Crippen LogP contribution in [-0.4, -0.2) is 43.4 Å². The highest BCUT2D eigenvalue weighted by Gasteiger charge is 2.43. The van der Waals surface area contributed by atoms with Gasteiger partial charge in [-0.3, -0.25) is 19.3 Å². The Morgan fingerprint density at radius 1 is 1.00 bits per heavy atom. The van der Waals surface area contributed by atoms with Crippen molar-refractivity contribution < 1.29 is 14.4 Å². The number of rotatable bonds is 5. The lowest BCUT2D eigenvalue weighted by atomic mass is 10.0. The summed E-state index contributed by atoms with van der Waals surface area (Å²) in [6.45, 7) is 3.60. The van der Waals surface area contributed by atoms with Crippen LogP contribution in [-0.2, 0) is 4.79 Å². The third kappa shape index (κ3) is 3.29. The number of carbonyl (C=O) groups excluding carboxylic acids is 3. The lowest BCUT2D eigenvalue weighted by Gasteiger charge is -2.28. The Bertz CT molecular complexity index is 1040. The number of carbonyl (C=O) groups is 3. The predicted octanol–water partition coefficient (Wildman–Crippen LogP) is 2.53. The van der Waals surface area contributed by atoms with E-state index in [-0.39, 0.29) is 5.92 Å². The molecule has 3 aromatic rings. The summed E-state index contributed by atoms with van der Waals surface area (Å²) in [4.78, 5) is 43.9. The van der Waals surface area contributed by atoms with E-state index in [1.807, 2.05) is 0 Å². The van der Waals surface area contributed by atoms with E-state index in [4.69, 9.17) is 0 Å². The van der Waals surface area contributed by atoms with Crippen molar-refractivity contribution in [1.82, 2.24) is 19.7 Å². The summed E-state index contributed by atoms with van der Waals surface area (Å²) < 4.78 is 1.60. The fourth-order valence-corrected chi connectivity index (χ4v) is 3.39. The van der Waals surface area contributed by atoms with Gasteiger partial charge >= 0.3 is 0 Å². The first-order chi connectivity index (χ1) is 14.0. The molecule has 1 aliphatic heterocycles. The molecule has 1 N–H and O–H groups in total. The van der Waals surface area contributed by atoms with Gasteiger partial charge in [0.15, 0.2) is 5.82 Å². The van der Waals surface area contributed by atoms with Gasteiger partial charge in [0.05, 0.1) is 23.0 Å². The number of benzene rings is 1. The molecule has 0 bridgehead atoms. The molecule has 0 radical (unpaired) electrons. The van der Waals surface area contributed by atoms with Crippen LogP contribution in [0.2, 0.25) is 0 Å². The number of anilines is 1. The fraction of sp³-hybridized carbons (Fsp3) is 0.190. The maximum atomic E-state index is 13.0. The van der Waals surface area contributed by atoms with E-state index in [0.717, 1.165) is 4.90 Å². The second-order valence-electron chi connectivity index (χ2n) is 7.06. The van der Waals surface area contributed by atoms with Crippen molar-refractivity contribution in [3.63, 3.8) is 0 Å². The van der Waals surface area contributed by atoms with Gasteiger partial charge in [-0.25, -0.2) is 9.67 Å². The van der Waals surface area contributed by atoms with Gasteiger partial charge in [-0.15, -0.1) is 0 Å². The maximum Gasteiger partial charge on any atom is 0.262 e. The Balaban J connectivity index is 1.56. The third-order valence-electron chi connectivity index (χ3n) is 4.76. The smallest absolute Gasteiger partial charge is 0.262 e. The van der Waals surface area contributed by atoms with Crippen molar-refractivity contribution >= 4 is 23.4 Å². The zero-order valence-corrected chi connectivity index (χ0v) is 15.9. The van der Waals surface area contributed by atoms with Gasteiger partial charge in [0.1, 0.15) is 6.04 Å². The summed E-state index contributed by atoms with van der Waals surface area (Å²) in [5.74, 6) is -1.01. The first-order valence-corrected chi connectivity index (χ1v) is 9.21. The first-order valence-electron chi connectivity index (χ1n) is 9.21. The second kappa shape index (κ2) is 7.31. The van der Waals surface area contributed by atoms with Crippen molar-refractivity contribution in [2.45, 2.75) is 19.9 Å². The molecule has 0 saturated heterocycles. The number of hydrogen-bond donors (Lipinski definition) is 1. The van der Waals surface area contributed by atoms with E-state index < -0.39 is 23.8 Å². The number of hydrogen-bond acceptors (Lipinski definition) is 5. The molecule has 1 aromatic carbocycles. The van der Waals surface area contributed by atoms with Gasteiger partial charge in [-0.05, 0) is 36.2 Å². The summed E-state index contributed by atoms with van der Waals surface area (Å²) in [6.07, 6.45) is 4.92. The standard InChI is InChI=1S/C21H19N5O3/c1-13(2)18(26-20(28)15-6-3-4-7-16(15)21(26)29)19(27)24-14-8-9-17(22-12-14)25-11-5-10-23-25/h3-13,18H,1-2H3,(H,24,27). The Kier molecular flexibility index (Phi) is 4.67. The van der Waals surface area contributed by atoms with Crippen molar-refractivity contribution in [3.05, 3.63) is 72.2 Å². The van der Waals surface area contributed by atoms with Crippen LogP contribution in [0.1, 0.15) is 34.6 Å². The Hall–Kier alpha value is -3.81. The topological polar surface area (TPSA) is 97.2 Å². The van der Waals surface area contributed by atoms with Crippen LogP contribution in [0.3, 0.4) is 0 Å². The van der Waals surface area contributed by atoms with Gasteiger partial charge in [-0.2, -0.15) is 5.10 Å². The van der Waals surface area contributed by atoms with Crippen LogP contribution in [0.15, 0.2) is 61.1 Å². The molecule has 1 aliphatic rings. The summed E-state index contributed by atoms with van der Waals surface area (Å²) in [7, 11) is 0. The molecule has 1 atom stereocenters. The van der Waals surface area contributed by atoms with Crippen molar-refractivity contribution in [2.75, 3.05) is 5.32 Å². The second-order valence-corrected chi connectivity index (χ2v) is 7.06. The van der Waals surface area contributed by atoms with E-state index in [2.05, 4.69) is 15.4 Å². The van der Waals surface area contributed by atoms with Crippen molar-refractivity contribution in [3.8, 4) is 5.82 Å². The first kappa shape index (κ1) is 18.5. The van der Waals surface area contributed by atoms with Gasteiger partial charge in [0.2, 0.25) is 5.91 Å². The predicted molar refractivity (Wildman–Crippen MR) is 106 cm³/mol. The van der Waals surface area contributed by atoms with Gasteiger partial charge in [0, 0.05) is 12.4 Å². The van der Waals surface area contributed by atoms with Crippen LogP contribution in [0, 0.1) is 5.92 Å². The minimum Gasteiger partial charge on any atom is -0.323 e. The lowest BCUT2D eigenvalue weighted by Crippen LogP contribution is -2.50. The van der Waals surface area contributed by atoms with E-state index in [1.165, 1.54) is 6.20 Å². The summed E-state index contributed by atoms with van der Waals surface area (Å²) in [5.41, 5.74) is 1.11. The average Bonchev–Trinajstić information content (AvgIpc) is 3.33. The minimum atomic E-state index is -0.937. The highest BCUT2D eigenvalue weighted by molar-refractivity contribution is 6.23. The van der Waals surface area contributed by atoms with Crippen LogP contribution in [0.25, 0.3) is 5.82 Å². The molecule has 3 amide bonds. The van der Waals surface area contributed by atoms with E-state index >= 15 is 0 Å². The lowest BCUT2D eigenvalue weighted by molar-refractivity contribution is -0.121. The monoisotopic (exact) mass is 389 g/mol. The SMILES string of the molecule is CC(C)C(C(=O)Nc1ccc(-n2cccn2)nc1)N1C(=O)c2ccccc2C1=O. The molecule has 4 rings (SSSR count). The molecule has 146 valence electrons. The normalized spacial score (nSPS) is 14.2. The van der Waals surface area contributed by atoms with Crippen LogP contribution in [0.5, 0.6) is 0 Å². The number of fused-ring (bicyclic) bond motifs is 1. The zero-order valence-electron chi connectivity index (χ0n) is 15.9. The molecule has 8 nitrogen and oxygen atoms in total. The highest BCUT2D eigenvalue weighted by atomic mass is 16.2. The number of aromatic nitrogens is 3. The van der Waals surface area contributed by atoms with E-state index in [1.54, 1.807) is 73.4 Å². The van der Waals surface area contributed by atoms with Crippen molar-refractivity contribution in [1.29, 1.82) is 0 Å². The van der Waals surface area contributed by atoms with E-state index in [9.17, 15) is 14.4 Å². The summed E-state index contributed by atoms with van der Waals surface area (Å²) in [6, 6.07) is 10.9. The number of nitrogens with zero attached hydrogens (tertiary/aromatic N) is 4. The van der Waals surface area contributed by atoms with Crippen molar-refractivity contribution in [2.24, 2.45) is 5.92 Å². The van der Waals surface area contributed by atoms with Gasteiger partial charge in [0.25, 0.3) is 11.8 Å².